The first-order valence-electron chi connectivity index (χ1n) is 5.54. The minimum Gasteiger partial charge on any atom is -0.388 e. The third-order valence-corrected chi connectivity index (χ3v) is 4.06. The predicted octanol–water partition coefficient (Wildman–Crippen LogP) is 5.28. The predicted molar refractivity (Wildman–Crippen MR) is 81.9 cm³/mol. The molecule has 0 spiro atoms. The van der Waals surface area contributed by atoms with Crippen LogP contribution in [0.2, 0.25) is 5.02 Å². The summed E-state index contributed by atoms with van der Waals surface area (Å²) in [4.78, 5) is 0. The molecule has 0 radical (unpaired) electrons. The van der Waals surface area contributed by atoms with Crippen molar-refractivity contribution in [3.63, 3.8) is 0 Å². The Labute approximate surface area is 132 Å². The molecule has 2 aromatic rings. The van der Waals surface area contributed by atoms with Crippen LogP contribution < -0.4 is 0 Å². The molecule has 0 aliphatic rings. The number of rotatable bonds is 3. The highest BCUT2D eigenvalue weighted by Gasteiger charge is 2.15. The fourth-order valence-corrected chi connectivity index (χ4v) is 2.91. The second kappa shape index (κ2) is 6.35. The normalized spacial score (nSPS) is 12.5. The van der Waals surface area contributed by atoms with E-state index in [1.54, 1.807) is 30.3 Å². The van der Waals surface area contributed by atoms with E-state index in [2.05, 4.69) is 31.9 Å². The van der Waals surface area contributed by atoms with Crippen LogP contribution in [0.15, 0.2) is 45.3 Å². The number of aliphatic hydroxyl groups excluding tert-OH is 1. The molecule has 0 aliphatic heterocycles. The zero-order valence-corrected chi connectivity index (χ0v) is 13.6. The number of benzene rings is 2. The van der Waals surface area contributed by atoms with E-state index in [1.807, 2.05) is 0 Å². The summed E-state index contributed by atoms with van der Waals surface area (Å²) in [5, 5.41) is 10.6. The van der Waals surface area contributed by atoms with Crippen LogP contribution in [0.5, 0.6) is 0 Å². The first-order valence-corrected chi connectivity index (χ1v) is 7.50. The standard InChI is InChI=1S/C14H10Br2ClFO/c15-9-3-4-11(12(17)6-9)14(19)5-8-1-2-10(16)7-13(8)18/h1-4,6-7,14,19H,5H2. The monoisotopic (exact) mass is 406 g/mol. The van der Waals surface area contributed by atoms with Gasteiger partial charge in [0.15, 0.2) is 0 Å². The van der Waals surface area contributed by atoms with Crippen molar-refractivity contribution in [3.8, 4) is 0 Å². The summed E-state index contributed by atoms with van der Waals surface area (Å²) >= 11 is 12.6. The van der Waals surface area contributed by atoms with Gasteiger partial charge in [-0.1, -0.05) is 55.6 Å². The van der Waals surface area contributed by atoms with Crippen molar-refractivity contribution in [1.29, 1.82) is 0 Å². The SMILES string of the molecule is OC(Cc1ccc(Br)cc1F)c1ccc(Br)cc1Cl. The van der Waals surface area contributed by atoms with Gasteiger partial charge in [-0.3, -0.25) is 0 Å². The highest BCUT2D eigenvalue weighted by atomic mass is 79.9. The lowest BCUT2D eigenvalue weighted by molar-refractivity contribution is 0.177. The third kappa shape index (κ3) is 3.78. The van der Waals surface area contributed by atoms with Gasteiger partial charge in [0.1, 0.15) is 5.82 Å². The highest BCUT2D eigenvalue weighted by molar-refractivity contribution is 9.10. The first-order chi connectivity index (χ1) is 8.97. The van der Waals surface area contributed by atoms with Crippen molar-refractivity contribution in [2.24, 2.45) is 0 Å². The average Bonchev–Trinajstić information content (AvgIpc) is 2.32. The van der Waals surface area contributed by atoms with E-state index < -0.39 is 6.10 Å². The van der Waals surface area contributed by atoms with E-state index in [4.69, 9.17) is 11.6 Å². The van der Waals surface area contributed by atoms with Gasteiger partial charge in [-0.2, -0.15) is 0 Å². The fraction of sp³-hybridized carbons (Fsp3) is 0.143. The summed E-state index contributed by atoms with van der Waals surface area (Å²) in [5.74, 6) is -0.346. The minimum absolute atomic E-state index is 0.181. The van der Waals surface area contributed by atoms with Crippen LogP contribution in [0.1, 0.15) is 17.2 Å². The van der Waals surface area contributed by atoms with E-state index in [-0.39, 0.29) is 12.2 Å². The van der Waals surface area contributed by atoms with E-state index in [9.17, 15) is 9.50 Å². The molecule has 1 nitrogen and oxygen atoms in total. The average molecular weight is 408 g/mol. The van der Waals surface area contributed by atoms with Gasteiger partial charge in [0.05, 0.1) is 6.10 Å². The topological polar surface area (TPSA) is 20.2 Å². The third-order valence-electron chi connectivity index (χ3n) is 2.75. The lowest BCUT2D eigenvalue weighted by Crippen LogP contribution is -2.04. The highest BCUT2D eigenvalue weighted by Crippen LogP contribution is 2.29. The molecule has 0 amide bonds. The van der Waals surface area contributed by atoms with Gasteiger partial charge in [0.25, 0.3) is 0 Å². The molecule has 0 bridgehead atoms. The van der Waals surface area contributed by atoms with Crippen LogP contribution in [0.3, 0.4) is 0 Å². The Hall–Kier alpha value is -0.420. The minimum atomic E-state index is -0.837. The van der Waals surface area contributed by atoms with E-state index in [0.717, 1.165) is 4.47 Å². The van der Waals surface area contributed by atoms with Gasteiger partial charge in [0.2, 0.25) is 0 Å². The molecular weight excluding hydrogens is 398 g/mol. The Morgan fingerprint density at radius 3 is 2.37 bits per heavy atom. The maximum Gasteiger partial charge on any atom is 0.127 e. The molecule has 0 heterocycles. The Bertz CT molecular complexity index is 604. The molecule has 0 aliphatic carbocycles. The molecule has 0 saturated heterocycles. The summed E-state index contributed by atoms with van der Waals surface area (Å²) in [6.07, 6.45) is -0.656. The summed E-state index contributed by atoms with van der Waals surface area (Å²) in [5.41, 5.74) is 1.04. The van der Waals surface area contributed by atoms with Crippen molar-refractivity contribution in [3.05, 3.63) is 67.3 Å². The van der Waals surface area contributed by atoms with Crippen LogP contribution in [0, 0.1) is 5.82 Å². The van der Waals surface area contributed by atoms with Crippen molar-refractivity contribution in [2.45, 2.75) is 12.5 Å². The molecule has 0 fully saturated rings. The molecule has 1 unspecified atom stereocenters. The summed E-state index contributed by atoms with van der Waals surface area (Å²) in [7, 11) is 0. The molecule has 19 heavy (non-hydrogen) atoms. The lowest BCUT2D eigenvalue weighted by atomic mass is 10.0. The van der Waals surface area contributed by atoms with Crippen LogP contribution >= 0.6 is 43.5 Å². The van der Waals surface area contributed by atoms with Gasteiger partial charge in [-0.25, -0.2) is 4.39 Å². The van der Waals surface area contributed by atoms with Gasteiger partial charge in [-0.15, -0.1) is 0 Å². The summed E-state index contributed by atoms with van der Waals surface area (Å²) < 4.78 is 15.2. The molecule has 2 rings (SSSR count). The second-order valence-corrected chi connectivity index (χ2v) is 6.36. The Balaban J connectivity index is 2.23. The maximum absolute atomic E-state index is 13.7. The largest absolute Gasteiger partial charge is 0.388 e. The van der Waals surface area contributed by atoms with E-state index >= 15 is 0 Å². The van der Waals surface area contributed by atoms with Gasteiger partial charge in [0, 0.05) is 20.4 Å². The number of aliphatic hydroxyl groups is 1. The Kier molecular flexibility index (Phi) is 5.01. The Morgan fingerprint density at radius 1 is 1.11 bits per heavy atom. The van der Waals surface area contributed by atoms with Crippen LogP contribution in [-0.4, -0.2) is 5.11 Å². The van der Waals surface area contributed by atoms with Crippen LogP contribution in [0.4, 0.5) is 4.39 Å². The summed E-state index contributed by atoms with van der Waals surface area (Å²) in [6, 6.07) is 10.0. The van der Waals surface area contributed by atoms with Crippen molar-refractivity contribution in [1.82, 2.24) is 0 Å². The molecular formula is C14H10Br2ClFO. The number of hydrogen-bond donors (Lipinski definition) is 1. The van der Waals surface area contributed by atoms with Gasteiger partial charge >= 0.3 is 0 Å². The van der Waals surface area contributed by atoms with Crippen molar-refractivity contribution >= 4 is 43.5 Å². The van der Waals surface area contributed by atoms with E-state index in [0.29, 0.717) is 20.6 Å². The number of hydrogen-bond acceptors (Lipinski definition) is 1. The Morgan fingerprint density at radius 2 is 1.74 bits per heavy atom. The smallest absolute Gasteiger partial charge is 0.127 e. The maximum atomic E-state index is 13.7. The lowest BCUT2D eigenvalue weighted by Gasteiger charge is -2.13. The van der Waals surface area contributed by atoms with E-state index in [1.165, 1.54) is 6.07 Å². The number of halogens is 4. The first kappa shape index (κ1) is 15.0. The van der Waals surface area contributed by atoms with Crippen LogP contribution in [0.25, 0.3) is 0 Å². The molecule has 1 N–H and O–H groups in total. The molecule has 0 saturated carbocycles. The van der Waals surface area contributed by atoms with Gasteiger partial charge < -0.3 is 5.11 Å². The van der Waals surface area contributed by atoms with Crippen molar-refractivity contribution < 1.29 is 9.50 Å². The van der Waals surface area contributed by atoms with Gasteiger partial charge in [-0.05, 0) is 35.4 Å². The molecule has 5 heteroatoms. The second-order valence-electron chi connectivity index (χ2n) is 4.12. The van der Waals surface area contributed by atoms with Crippen molar-refractivity contribution in [2.75, 3.05) is 0 Å². The molecule has 1 atom stereocenters. The summed E-state index contributed by atoms with van der Waals surface area (Å²) in [6.45, 7) is 0. The zero-order valence-electron chi connectivity index (χ0n) is 9.71. The zero-order chi connectivity index (χ0) is 14.0. The molecule has 0 aromatic heterocycles. The molecule has 100 valence electrons. The van der Waals surface area contributed by atoms with Crippen LogP contribution in [-0.2, 0) is 6.42 Å². The fourth-order valence-electron chi connectivity index (χ4n) is 1.78. The molecule has 2 aromatic carbocycles. The quantitative estimate of drug-likeness (QED) is 0.733.